The van der Waals surface area contributed by atoms with Gasteiger partial charge in [0.2, 0.25) is 0 Å². The minimum absolute atomic E-state index is 0.378. The summed E-state index contributed by atoms with van der Waals surface area (Å²) in [6.07, 6.45) is 3.09. The molecule has 6 aromatic carbocycles. The molecule has 45 heavy (non-hydrogen) atoms. The van der Waals surface area contributed by atoms with E-state index in [1.807, 2.05) is 0 Å². The van der Waals surface area contributed by atoms with Gasteiger partial charge in [-0.25, -0.2) is 4.98 Å². The Hall–Kier alpha value is -5.21. The molecule has 10 rings (SSSR count). The number of aromatic nitrogens is 2. The van der Waals surface area contributed by atoms with Gasteiger partial charge in [-0.05, 0) is 87.9 Å². The van der Waals surface area contributed by atoms with E-state index in [4.69, 9.17) is 4.98 Å². The van der Waals surface area contributed by atoms with Crippen molar-refractivity contribution in [3.05, 3.63) is 143 Å². The number of aryl methyl sites for hydroxylation is 2. The number of fused-ring (bicyclic) bond motifs is 15. The number of benzene rings is 6. The topological polar surface area (TPSA) is 17.8 Å². The molecule has 2 nitrogen and oxygen atoms in total. The summed E-state index contributed by atoms with van der Waals surface area (Å²) in [6, 6.07) is 43.3. The summed E-state index contributed by atoms with van der Waals surface area (Å²) in [7, 11) is 0. The Kier molecular flexibility index (Phi) is 5.12. The Labute approximate surface area is 262 Å². The van der Waals surface area contributed by atoms with E-state index < -0.39 is 0 Å². The molecule has 0 fully saturated rings. The van der Waals surface area contributed by atoms with Gasteiger partial charge in [0.05, 0.1) is 11.0 Å². The van der Waals surface area contributed by atoms with E-state index in [2.05, 4.69) is 134 Å². The van der Waals surface area contributed by atoms with E-state index in [0.717, 1.165) is 30.8 Å². The minimum Gasteiger partial charge on any atom is -0.293 e. The first-order chi connectivity index (χ1) is 22.2. The second-order valence-corrected chi connectivity index (χ2v) is 12.9. The van der Waals surface area contributed by atoms with Crippen molar-refractivity contribution in [2.45, 2.75) is 39.0 Å². The molecule has 2 heterocycles. The van der Waals surface area contributed by atoms with Crippen molar-refractivity contribution in [1.82, 2.24) is 9.55 Å². The Balaban J connectivity index is 1.50. The zero-order chi connectivity index (χ0) is 29.8. The molecule has 0 unspecified atom stereocenters. The van der Waals surface area contributed by atoms with Crippen LogP contribution in [0.2, 0.25) is 0 Å². The van der Waals surface area contributed by atoms with Gasteiger partial charge in [-0.15, -0.1) is 0 Å². The zero-order valence-corrected chi connectivity index (χ0v) is 25.6. The Morgan fingerprint density at radius 1 is 0.689 bits per heavy atom. The van der Waals surface area contributed by atoms with Gasteiger partial charge < -0.3 is 0 Å². The standard InChI is InChI=1S/C43H32N2/c1-3-27-30-15-7-6-13-28(30)25(2)44-43(27)45-39-23-20-26-12-4-5-14-29(26)40(39)38-24-37-33-18-9-8-16-31(33)34-21-22-36(37)41(42(38)45)35-19-11-10-17-32(34)35/h4-20,23-24,34H,3,21-22H2,1-2H3/t34-/m1/s1. The van der Waals surface area contributed by atoms with E-state index in [1.165, 1.54) is 87.9 Å². The highest BCUT2D eigenvalue weighted by molar-refractivity contribution is 6.25. The van der Waals surface area contributed by atoms with Crippen LogP contribution in [0.5, 0.6) is 0 Å². The summed E-state index contributed by atoms with van der Waals surface area (Å²) >= 11 is 0. The van der Waals surface area contributed by atoms with Gasteiger partial charge in [-0.1, -0.05) is 110 Å². The normalized spacial score (nSPS) is 15.0. The highest BCUT2D eigenvalue weighted by Crippen LogP contribution is 2.54. The van der Waals surface area contributed by atoms with Crippen LogP contribution in [0.3, 0.4) is 0 Å². The van der Waals surface area contributed by atoms with Crippen LogP contribution >= 0.6 is 0 Å². The molecule has 214 valence electrons. The fourth-order valence-electron chi connectivity index (χ4n) is 8.84. The summed E-state index contributed by atoms with van der Waals surface area (Å²) in [5.41, 5.74) is 14.8. The highest BCUT2D eigenvalue weighted by Gasteiger charge is 2.34. The van der Waals surface area contributed by atoms with Gasteiger partial charge in [0, 0.05) is 38.9 Å². The summed E-state index contributed by atoms with van der Waals surface area (Å²) in [6.45, 7) is 4.45. The van der Waals surface area contributed by atoms with Gasteiger partial charge in [0.25, 0.3) is 0 Å². The van der Waals surface area contributed by atoms with Crippen LogP contribution in [0.15, 0.2) is 115 Å². The smallest absolute Gasteiger partial charge is 0.141 e. The van der Waals surface area contributed by atoms with Crippen molar-refractivity contribution in [3.8, 4) is 28.1 Å². The van der Waals surface area contributed by atoms with Crippen LogP contribution in [0.25, 0.3) is 71.4 Å². The van der Waals surface area contributed by atoms with Crippen molar-refractivity contribution in [1.29, 1.82) is 0 Å². The van der Waals surface area contributed by atoms with Gasteiger partial charge >= 0.3 is 0 Å². The lowest BCUT2D eigenvalue weighted by Gasteiger charge is -2.25. The maximum atomic E-state index is 5.47. The molecule has 2 aliphatic rings. The summed E-state index contributed by atoms with van der Waals surface area (Å²) in [5, 5.41) is 7.74. The molecule has 0 N–H and O–H groups in total. The SMILES string of the molecule is CCc1c(-n2c3ccc4ccccc4c3c3cc4c5c(c32)-c2ccccc2[C@H](CC5)c2ccccc2-4)nc(C)c2ccccc12. The summed E-state index contributed by atoms with van der Waals surface area (Å²) < 4.78 is 2.54. The molecule has 1 atom stereocenters. The molecule has 2 aromatic heterocycles. The van der Waals surface area contributed by atoms with Crippen LogP contribution in [-0.2, 0) is 12.8 Å². The van der Waals surface area contributed by atoms with Crippen molar-refractivity contribution in [2.75, 3.05) is 0 Å². The quantitative estimate of drug-likeness (QED) is 0.200. The van der Waals surface area contributed by atoms with Crippen LogP contribution in [0, 0.1) is 6.92 Å². The lowest BCUT2D eigenvalue weighted by molar-refractivity contribution is 0.736. The van der Waals surface area contributed by atoms with Crippen molar-refractivity contribution in [3.63, 3.8) is 0 Å². The van der Waals surface area contributed by atoms with Gasteiger partial charge in [-0.3, -0.25) is 4.57 Å². The Morgan fingerprint density at radius 3 is 2.20 bits per heavy atom. The third-order valence-electron chi connectivity index (χ3n) is 10.7. The lowest BCUT2D eigenvalue weighted by Crippen LogP contribution is -2.08. The van der Waals surface area contributed by atoms with E-state index in [-0.39, 0.29) is 0 Å². The largest absolute Gasteiger partial charge is 0.293 e. The molecule has 0 saturated carbocycles. The highest BCUT2D eigenvalue weighted by atomic mass is 15.1. The molecule has 2 bridgehead atoms. The van der Waals surface area contributed by atoms with Crippen LogP contribution in [-0.4, -0.2) is 9.55 Å². The maximum absolute atomic E-state index is 5.47. The van der Waals surface area contributed by atoms with Crippen LogP contribution < -0.4 is 0 Å². The second-order valence-electron chi connectivity index (χ2n) is 12.9. The number of nitrogens with zero attached hydrogens (tertiary/aromatic N) is 2. The Morgan fingerprint density at radius 2 is 1.38 bits per heavy atom. The third-order valence-corrected chi connectivity index (χ3v) is 10.7. The molecular formula is C43H32N2. The fourth-order valence-corrected chi connectivity index (χ4v) is 8.84. The zero-order valence-electron chi connectivity index (χ0n) is 25.6. The van der Waals surface area contributed by atoms with Gasteiger partial charge in [-0.2, -0.15) is 0 Å². The maximum Gasteiger partial charge on any atom is 0.141 e. The van der Waals surface area contributed by atoms with Crippen molar-refractivity contribution >= 4 is 43.4 Å². The molecule has 8 aromatic rings. The predicted octanol–water partition coefficient (Wildman–Crippen LogP) is 11.1. The molecule has 0 saturated heterocycles. The molecule has 0 amide bonds. The number of rotatable bonds is 2. The Bertz CT molecular complexity index is 2550. The van der Waals surface area contributed by atoms with Crippen LogP contribution in [0.1, 0.15) is 47.2 Å². The van der Waals surface area contributed by atoms with E-state index >= 15 is 0 Å². The minimum atomic E-state index is 0.378. The number of hydrogen-bond acceptors (Lipinski definition) is 1. The third kappa shape index (κ3) is 3.27. The van der Waals surface area contributed by atoms with Crippen LogP contribution in [0.4, 0.5) is 0 Å². The lowest BCUT2D eigenvalue weighted by atomic mass is 9.80. The first kappa shape index (κ1) is 25.2. The van der Waals surface area contributed by atoms with Gasteiger partial charge in [0.15, 0.2) is 0 Å². The molecule has 0 radical (unpaired) electrons. The van der Waals surface area contributed by atoms with Crippen molar-refractivity contribution < 1.29 is 0 Å². The van der Waals surface area contributed by atoms with E-state index in [9.17, 15) is 0 Å². The number of hydrogen-bond donors (Lipinski definition) is 0. The molecule has 2 aliphatic carbocycles. The van der Waals surface area contributed by atoms with Crippen molar-refractivity contribution in [2.24, 2.45) is 0 Å². The average molecular weight is 577 g/mol. The van der Waals surface area contributed by atoms with Gasteiger partial charge in [0.1, 0.15) is 5.82 Å². The molecule has 0 spiro atoms. The summed E-state index contributed by atoms with van der Waals surface area (Å²) in [4.78, 5) is 5.47. The number of pyridine rings is 1. The second kappa shape index (κ2) is 9.15. The monoisotopic (exact) mass is 576 g/mol. The predicted molar refractivity (Wildman–Crippen MR) is 189 cm³/mol. The molecule has 0 aliphatic heterocycles. The molecular weight excluding hydrogens is 544 g/mol. The molecule has 2 heteroatoms. The van der Waals surface area contributed by atoms with E-state index in [1.54, 1.807) is 0 Å². The van der Waals surface area contributed by atoms with E-state index in [0.29, 0.717) is 5.92 Å². The summed E-state index contributed by atoms with van der Waals surface area (Å²) in [5.74, 6) is 1.44. The average Bonchev–Trinajstić information content (AvgIpc) is 3.20. The first-order valence-electron chi connectivity index (χ1n) is 16.3. The fraction of sp³-hybridized carbons (Fsp3) is 0.140. The first-order valence-corrected chi connectivity index (χ1v) is 16.3.